The molecule has 2 heterocycles. The Morgan fingerprint density at radius 3 is 2.50 bits per heavy atom. The lowest BCUT2D eigenvalue weighted by molar-refractivity contribution is -0.384. The summed E-state index contributed by atoms with van der Waals surface area (Å²) in [5, 5.41) is 14.8. The molecule has 0 unspecified atom stereocenters. The maximum absolute atomic E-state index is 12.6. The number of hydrazone groups is 1. The molecule has 0 fully saturated rings. The summed E-state index contributed by atoms with van der Waals surface area (Å²) in [6.45, 7) is 2.47. The summed E-state index contributed by atoms with van der Waals surface area (Å²) in [4.78, 5) is 39.3. The summed E-state index contributed by atoms with van der Waals surface area (Å²) in [5.41, 5.74) is 3.14. The van der Waals surface area contributed by atoms with Crippen LogP contribution in [-0.2, 0) is 20.6 Å². The molecule has 146 valence electrons. The average Bonchev–Trinajstić information content (AvgIpc) is 3.04. The van der Waals surface area contributed by atoms with Gasteiger partial charge < -0.3 is 4.57 Å². The van der Waals surface area contributed by atoms with E-state index in [9.17, 15) is 19.7 Å². The second-order valence-electron chi connectivity index (χ2n) is 6.18. The quantitative estimate of drug-likeness (QED) is 0.385. The predicted molar refractivity (Wildman–Crippen MR) is 105 cm³/mol. The molecule has 3 aromatic rings. The summed E-state index contributed by atoms with van der Waals surface area (Å²) in [6.07, 6.45) is 2.23. The monoisotopic (exact) mass is 385 g/mol. The van der Waals surface area contributed by atoms with Gasteiger partial charge in [-0.2, -0.15) is 10.1 Å². The van der Waals surface area contributed by atoms with Gasteiger partial charge in [-0.1, -0.05) is 6.92 Å². The fourth-order valence-corrected chi connectivity index (χ4v) is 2.82. The summed E-state index contributed by atoms with van der Waals surface area (Å²) in [6, 6.07) is 5.90. The number of hydrogen-bond donors (Lipinski definition) is 1. The molecule has 2 aromatic heterocycles. The van der Waals surface area contributed by atoms with Crippen molar-refractivity contribution in [2.24, 2.45) is 19.2 Å². The van der Waals surface area contributed by atoms with E-state index in [1.807, 2.05) is 6.92 Å². The summed E-state index contributed by atoms with van der Waals surface area (Å²) in [7, 11) is 2.98. The van der Waals surface area contributed by atoms with E-state index >= 15 is 0 Å². The lowest BCUT2D eigenvalue weighted by atomic mass is 10.2. The Balaban J connectivity index is 1.98. The van der Waals surface area contributed by atoms with E-state index < -0.39 is 16.2 Å². The second kappa shape index (κ2) is 7.47. The molecule has 0 spiro atoms. The van der Waals surface area contributed by atoms with Crippen LogP contribution in [0.3, 0.4) is 0 Å². The first-order chi connectivity index (χ1) is 13.3. The maximum atomic E-state index is 12.6. The third kappa shape index (κ3) is 3.29. The molecule has 0 aliphatic rings. The number of benzene rings is 1. The van der Waals surface area contributed by atoms with Gasteiger partial charge in [0.25, 0.3) is 11.2 Å². The SMILES string of the molecule is CCCn1c(N/N=C\c2ccc([N+](=O)[O-])cc2)nc2c1c(=O)n(C)c(=O)n2C. The molecule has 0 radical (unpaired) electrons. The largest absolute Gasteiger partial charge is 0.332 e. The number of nitro groups is 1. The fourth-order valence-electron chi connectivity index (χ4n) is 2.82. The number of nitrogens with one attached hydrogen (secondary N) is 1. The number of aryl methyl sites for hydroxylation is 2. The Morgan fingerprint density at radius 1 is 1.21 bits per heavy atom. The Kier molecular flexibility index (Phi) is 5.07. The van der Waals surface area contributed by atoms with Crippen LogP contribution in [0, 0.1) is 10.1 Å². The van der Waals surface area contributed by atoms with Crippen LogP contribution in [0.4, 0.5) is 11.6 Å². The van der Waals surface area contributed by atoms with Crippen molar-refractivity contribution in [3.63, 3.8) is 0 Å². The van der Waals surface area contributed by atoms with E-state index in [1.165, 1.54) is 30.0 Å². The highest BCUT2D eigenvalue weighted by molar-refractivity contribution is 5.81. The molecule has 0 saturated carbocycles. The number of anilines is 1. The van der Waals surface area contributed by atoms with Crippen molar-refractivity contribution in [3.8, 4) is 0 Å². The molecule has 3 rings (SSSR count). The minimum atomic E-state index is -0.475. The maximum Gasteiger partial charge on any atom is 0.332 e. The zero-order valence-corrected chi connectivity index (χ0v) is 15.6. The van der Waals surface area contributed by atoms with E-state index in [1.54, 1.807) is 23.7 Å². The minimum Gasteiger partial charge on any atom is -0.303 e. The molecule has 1 aromatic carbocycles. The van der Waals surface area contributed by atoms with Crippen LogP contribution in [0.25, 0.3) is 11.2 Å². The van der Waals surface area contributed by atoms with Crippen molar-refractivity contribution in [1.29, 1.82) is 0 Å². The molecule has 0 atom stereocenters. The topological polar surface area (TPSA) is 129 Å². The third-order valence-electron chi connectivity index (χ3n) is 4.28. The number of imidazole rings is 1. The van der Waals surface area contributed by atoms with Gasteiger partial charge in [0.05, 0.1) is 11.1 Å². The van der Waals surface area contributed by atoms with Gasteiger partial charge in [-0.15, -0.1) is 0 Å². The van der Waals surface area contributed by atoms with Gasteiger partial charge >= 0.3 is 5.69 Å². The molecule has 11 nitrogen and oxygen atoms in total. The third-order valence-corrected chi connectivity index (χ3v) is 4.28. The standard InChI is InChI=1S/C17H19N7O4/c1-4-9-23-13-14(21(2)17(26)22(3)15(13)25)19-16(23)20-18-10-11-5-7-12(8-6-11)24(27)28/h5-8,10H,4,9H2,1-3H3,(H,19,20)/b18-10-. The molecule has 1 N–H and O–H groups in total. The Bertz CT molecular complexity index is 1190. The van der Waals surface area contributed by atoms with Crippen molar-refractivity contribution in [1.82, 2.24) is 18.7 Å². The summed E-state index contributed by atoms with van der Waals surface area (Å²) >= 11 is 0. The predicted octanol–water partition coefficient (Wildman–Crippen LogP) is 1.20. The summed E-state index contributed by atoms with van der Waals surface area (Å²) < 4.78 is 4.04. The molecular weight excluding hydrogens is 366 g/mol. The second-order valence-corrected chi connectivity index (χ2v) is 6.18. The average molecular weight is 385 g/mol. The first kappa shape index (κ1) is 19.0. The first-order valence-corrected chi connectivity index (χ1v) is 8.55. The van der Waals surface area contributed by atoms with E-state index in [-0.39, 0.29) is 11.3 Å². The number of fused-ring (bicyclic) bond motifs is 1. The van der Waals surface area contributed by atoms with Gasteiger partial charge in [-0.05, 0) is 24.1 Å². The highest BCUT2D eigenvalue weighted by atomic mass is 16.6. The first-order valence-electron chi connectivity index (χ1n) is 8.55. The van der Waals surface area contributed by atoms with Crippen LogP contribution in [0.1, 0.15) is 18.9 Å². The highest BCUT2D eigenvalue weighted by Gasteiger charge is 2.18. The molecule has 0 aliphatic heterocycles. The number of rotatable bonds is 6. The molecule has 0 saturated heterocycles. The number of aromatic nitrogens is 4. The number of nitro benzene ring substituents is 1. The van der Waals surface area contributed by atoms with Crippen LogP contribution in [0.5, 0.6) is 0 Å². The normalized spacial score (nSPS) is 11.4. The molecule has 28 heavy (non-hydrogen) atoms. The van der Waals surface area contributed by atoms with Gasteiger partial charge in [0, 0.05) is 32.8 Å². The Labute approximate surface area is 158 Å². The van der Waals surface area contributed by atoms with Crippen LogP contribution >= 0.6 is 0 Å². The zero-order chi connectivity index (χ0) is 20.4. The fraction of sp³-hybridized carbons (Fsp3) is 0.294. The molecule has 0 amide bonds. The van der Waals surface area contributed by atoms with E-state index in [0.717, 1.165) is 11.0 Å². The van der Waals surface area contributed by atoms with E-state index in [4.69, 9.17) is 0 Å². The minimum absolute atomic E-state index is 0.00777. The van der Waals surface area contributed by atoms with Gasteiger partial charge in [-0.3, -0.25) is 24.0 Å². The highest BCUT2D eigenvalue weighted by Crippen LogP contribution is 2.16. The van der Waals surface area contributed by atoms with Crippen molar-refractivity contribution < 1.29 is 4.92 Å². The zero-order valence-electron chi connectivity index (χ0n) is 15.6. The van der Waals surface area contributed by atoms with Crippen molar-refractivity contribution >= 4 is 29.0 Å². The number of hydrogen-bond acceptors (Lipinski definition) is 7. The molecule has 0 aliphatic carbocycles. The van der Waals surface area contributed by atoms with Crippen molar-refractivity contribution in [2.75, 3.05) is 5.43 Å². The Morgan fingerprint density at radius 2 is 1.89 bits per heavy atom. The van der Waals surface area contributed by atoms with Crippen molar-refractivity contribution in [3.05, 3.63) is 60.8 Å². The smallest absolute Gasteiger partial charge is 0.303 e. The van der Waals surface area contributed by atoms with Crippen molar-refractivity contribution in [2.45, 2.75) is 19.9 Å². The van der Waals surface area contributed by atoms with Crippen LogP contribution in [0.15, 0.2) is 39.0 Å². The number of nitrogens with zero attached hydrogens (tertiary/aromatic N) is 6. The van der Waals surface area contributed by atoms with Crippen LogP contribution in [-0.4, -0.2) is 29.8 Å². The Hall–Kier alpha value is -3.76. The number of non-ortho nitro benzene ring substituents is 1. The van der Waals surface area contributed by atoms with E-state index in [2.05, 4.69) is 15.5 Å². The van der Waals surface area contributed by atoms with E-state index in [0.29, 0.717) is 23.6 Å². The molecule has 11 heteroatoms. The summed E-state index contributed by atoms with van der Waals surface area (Å²) in [5.74, 6) is 0.327. The van der Waals surface area contributed by atoms with Crippen LogP contribution < -0.4 is 16.7 Å². The lowest BCUT2D eigenvalue weighted by Gasteiger charge is -2.07. The molecular formula is C17H19N7O4. The van der Waals surface area contributed by atoms with Gasteiger partial charge in [0.2, 0.25) is 5.95 Å². The van der Waals surface area contributed by atoms with Crippen LogP contribution in [0.2, 0.25) is 0 Å². The lowest BCUT2D eigenvalue weighted by Crippen LogP contribution is -2.37. The molecule has 0 bridgehead atoms. The van der Waals surface area contributed by atoms with Gasteiger partial charge in [0.15, 0.2) is 11.2 Å². The van der Waals surface area contributed by atoms with Gasteiger partial charge in [0.1, 0.15) is 0 Å². The van der Waals surface area contributed by atoms with Gasteiger partial charge in [-0.25, -0.2) is 10.2 Å².